The van der Waals surface area contributed by atoms with Crippen molar-refractivity contribution in [2.45, 2.75) is 12.0 Å². The van der Waals surface area contributed by atoms with Crippen LogP contribution in [0.5, 0.6) is 5.75 Å². The molecule has 1 aromatic heterocycles. The second-order valence-corrected chi connectivity index (χ2v) is 7.99. The van der Waals surface area contributed by atoms with Gasteiger partial charge in [-0.3, -0.25) is 0 Å². The zero-order valence-electron chi connectivity index (χ0n) is 14.9. The molecule has 0 saturated heterocycles. The normalized spacial score (nSPS) is 18.9. The van der Waals surface area contributed by atoms with E-state index >= 15 is 0 Å². The number of phenolic OH excluding ortho intramolecular Hbond substituents is 1. The van der Waals surface area contributed by atoms with E-state index in [1.165, 1.54) is 10.9 Å². The summed E-state index contributed by atoms with van der Waals surface area (Å²) in [5.41, 5.74) is 5.67. The summed E-state index contributed by atoms with van der Waals surface area (Å²) in [4.78, 5) is 3.62. The zero-order chi connectivity index (χ0) is 19.3. The largest absolute Gasteiger partial charge is 0.508 e. The SMILES string of the molecule is Oc1ccc([C@@H]2NC[C@H](c3ccc(Cl)cc3Cl)c3c2[nH]c2ccccc32)cc1. The molecule has 0 unspecified atom stereocenters. The standard InChI is InChI=1S/C23H18Cl2N2O/c24-14-7-10-16(19(25)11-14)18-12-26-22(13-5-8-15(28)9-6-13)23-21(18)17-3-1-2-4-20(17)27-23/h1-11,18,22,26-28H,12H2/t18-,22+/m1/s1. The van der Waals surface area contributed by atoms with Crippen LogP contribution >= 0.6 is 23.2 Å². The summed E-state index contributed by atoms with van der Waals surface area (Å²) in [6.45, 7) is 0.752. The number of halogens is 2. The van der Waals surface area contributed by atoms with E-state index in [0.717, 1.165) is 28.9 Å². The Morgan fingerprint density at radius 2 is 1.71 bits per heavy atom. The molecule has 2 atom stereocenters. The Balaban J connectivity index is 1.71. The first kappa shape index (κ1) is 17.6. The van der Waals surface area contributed by atoms with Gasteiger partial charge in [0.15, 0.2) is 0 Å². The van der Waals surface area contributed by atoms with Gasteiger partial charge in [0.1, 0.15) is 5.75 Å². The number of nitrogens with one attached hydrogen (secondary N) is 2. The maximum absolute atomic E-state index is 9.65. The van der Waals surface area contributed by atoms with Crippen LogP contribution in [0, 0.1) is 0 Å². The van der Waals surface area contributed by atoms with Crippen molar-refractivity contribution in [1.82, 2.24) is 10.3 Å². The van der Waals surface area contributed by atoms with Crippen LogP contribution in [0.1, 0.15) is 34.3 Å². The molecule has 3 nitrogen and oxygen atoms in total. The summed E-state index contributed by atoms with van der Waals surface area (Å²) in [6.07, 6.45) is 0. The minimum atomic E-state index is 0.0188. The maximum Gasteiger partial charge on any atom is 0.115 e. The Hall–Kier alpha value is -2.46. The maximum atomic E-state index is 9.65. The lowest BCUT2D eigenvalue weighted by Gasteiger charge is -2.32. The lowest BCUT2D eigenvalue weighted by Crippen LogP contribution is -2.34. The fraction of sp³-hybridized carbons (Fsp3) is 0.130. The van der Waals surface area contributed by atoms with E-state index in [1.54, 1.807) is 18.2 Å². The molecule has 4 aromatic rings. The number of fused-ring (bicyclic) bond motifs is 3. The minimum Gasteiger partial charge on any atom is -0.508 e. The number of rotatable bonds is 2. The van der Waals surface area contributed by atoms with E-state index in [1.807, 2.05) is 30.3 Å². The van der Waals surface area contributed by atoms with E-state index in [-0.39, 0.29) is 17.7 Å². The van der Waals surface area contributed by atoms with Crippen molar-refractivity contribution in [2.75, 3.05) is 6.54 Å². The molecule has 0 radical (unpaired) electrons. The second kappa shape index (κ2) is 6.85. The molecule has 1 aliphatic heterocycles. The van der Waals surface area contributed by atoms with Gasteiger partial charge in [-0.05, 0) is 47.0 Å². The van der Waals surface area contributed by atoms with Gasteiger partial charge in [0, 0.05) is 39.1 Å². The Labute approximate surface area is 172 Å². The van der Waals surface area contributed by atoms with Gasteiger partial charge in [0.25, 0.3) is 0 Å². The van der Waals surface area contributed by atoms with E-state index < -0.39 is 0 Å². The third kappa shape index (κ3) is 2.87. The number of hydrogen-bond donors (Lipinski definition) is 3. The molecule has 0 aliphatic carbocycles. The van der Waals surface area contributed by atoms with Gasteiger partial charge >= 0.3 is 0 Å². The van der Waals surface area contributed by atoms with E-state index in [2.05, 4.69) is 28.5 Å². The monoisotopic (exact) mass is 408 g/mol. The smallest absolute Gasteiger partial charge is 0.115 e. The van der Waals surface area contributed by atoms with Crippen molar-refractivity contribution < 1.29 is 5.11 Å². The third-order valence-electron chi connectivity index (χ3n) is 5.50. The number of aromatic nitrogens is 1. The highest BCUT2D eigenvalue weighted by Gasteiger charge is 2.33. The Bertz CT molecular complexity index is 1170. The van der Waals surface area contributed by atoms with Crippen LogP contribution < -0.4 is 5.32 Å². The molecular formula is C23H18Cl2N2O. The molecule has 3 aromatic carbocycles. The summed E-state index contributed by atoms with van der Waals surface area (Å²) in [6, 6.07) is 21.4. The lowest BCUT2D eigenvalue weighted by molar-refractivity contribution is 0.474. The number of phenols is 1. The molecule has 0 fully saturated rings. The van der Waals surface area contributed by atoms with Gasteiger partial charge in [-0.1, -0.05) is 59.6 Å². The van der Waals surface area contributed by atoms with Crippen molar-refractivity contribution in [3.63, 3.8) is 0 Å². The molecular weight excluding hydrogens is 391 g/mol. The summed E-state index contributed by atoms with van der Waals surface area (Å²) >= 11 is 12.7. The van der Waals surface area contributed by atoms with Crippen molar-refractivity contribution in [3.05, 3.63) is 99.2 Å². The predicted octanol–water partition coefficient (Wildman–Crippen LogP) is 6.00. The number of benzene rings is 3. The molecule has 140 valence electrons. The predicted molar refractivity (Wildman–Crippen MR) is 115 cm³/mol. The van der Waals surface area contributed by atoms with Crippen molar-refractivity contribution >= 4 is 34.1 Å². The topological polar surface area (TPSA) is 48.0 Å². The Morgan fingerprint density at radius 3 is 2.50 bits per heavy atom. The number of aromatic hydroxyl groups is 1. The van der Waals surface area contributed by atoms with Crippen molar-refractivity contribution in [1.29, 1.82) is 0 Å². The first-order valence-electron chi connectivity index (χ1n) is 9.19. The third-order valence-corrected chi connectivity index (χ3v) is 6.07. The molecule has 0 amide bonds. The number of para-hydroxylation sites is 1. The van der Waals surface area contributed by atoms with Gasteiger partial charge in [-0.25, -0.2) is 0 Å². The Morgan fingerprint density at radius 1 is 0.929 bits per heavy atom. The minimum absolute atomic E-state index is 0.0188. The average Bonchev–Trinajstić information content (AvgIpc) is 3.08. The molecule has 1 aliphatic rings. The molecule has 28 heavy (non-hydrogen) atoms. The van der Waals surface area contributed by atoms with Crippen LogP contribution in [0.2, 0.25) is 10.0 Å². The molecule has 2 heterocycles. The van der Waals surface area contributed by atoms with Crippen molar-refractivity contribution in [2.24, 2.45) is 0 Å². The van der Waals surface area contributed by atoms with E-state index in [0.29, 0.717) is 10.0 Å². The van der Waals surface area contributed by atoms with Gasteiger partial charge in [-0.2, -0.15) is 0 Å². The van der Waals surface area contributed by atoms with Crippen LogP contribution in [0.4, 0.5) is 0 Å². The van der Waals surface area contributed by atoms with Crippen molar-refractivity contribution in [3.8, 4) is 5.75 Å². The van der Waals surface area contributed by atoms with Gasteiger partial charge in [-0.15, -0.1) is 0 Å². The van der Waals surface area contributed by atoms with Crippen LogP contribution in [0.15, 0.2) is 66.7 Å². The summed E-state index contributed by atoms with van der Waals surface area (Å²) in [5.74, 6) is 0.381. The van der Waals surface area contributed by atoms with E-state index in [9.17, 15) is 5.11 Å². The van der Waals surface area contributed by atoms with Crippen LogP contribution in [0.3, 0.4) is 0 Å². The highest BCUT2D eigenvalue weighted by Crippen LogP contribution is 2.43. The first-order valence-corrected chi connectivity index (χ1v) is 9.95. The molecule has 0 bridgehead atoms. The second-order valence-electron chi connectivity index (χ2n) is 7.15. The lowest BCUT2D eigenvalue weighted by atomic mass is 9.83. The summed E-state index contributed by atoms with van der Waals surface area (Å²) in [7, 11) is 0. The van der Waals surface area contributed by atoms with Gasteiger partial charge in [0.05, 0.1) is 6.04 Å². The molecule has 0 saturated carbocycles. The molecule has 5 heteroatoms. The van der Waals surface area contributed by atoms with Gasteiger partial charge < -0.3 is 15.4 Å². The highest BCUT2D eigenvalue weighted by atomic mass is 35.5. The zero-order valence-corrected chi connectivity index (χ0v) is 16.4. The summed E-state index contributed by atoms with van der Waals surface area (Å²) in [5, 5.41) is 15.8. The summed E-state index contributed by atoms with van der Waals surface area (Å²) < 4.78 is 0. The fourth-order valence-corrected chi connectivity index (χ4v) is 4.77. The number of aromatic amines is 1. The molecule has 3 N–H and O–H groups in total. The first-order chi connectivity index (χ1) is 13.6. The quantitative estimate of drug-likeness (QED) is 0.380. The molecule has 5 rings (SSSR count). The fourth-order valence-electron chi connectivity index (χ4n) is 4.23. The van der Waals surface area contributed by atoms with Crippen LogP contribution in [-0.2, 0) is 0 Å². The number of H-pyrrole nitrogens is 1. The van der Waals surface area contributed by atoms with Crippen LogP contribution in [-0.4, -0.2) is 16.6 Å². The Kier molecular flexibility index (Phi) is 4.31. The van der Waals surface area contributed by atoms with Gasteiger partial charge in [0.2, 0.25) is 0 Å². The molecule has 0 spiro atoms. The highest BCUT2D eigenvalue weighted by molar-refractivity contribution is 6.35. The van der Waals surface area contributed by atoms with Crippen LogP contribution in [0.25, 0.3) is 10.9 Å². The number of hydrogen-bond acceptors (Lipinski definition) is 2. The average molecular weight is 409 g/mol. The van der Waals surface area contributed by atoms with E-state index in [4.69, 9.17) is 23.2 Å².